The molecule has 2 N–H and O–H groups in total. The molecule has 1 fully saturated rings. The van der Waals surface area contributed by atoms with Crippen LogP contribution in [0.1, 0.15) is 35.8 Å². The van der Waals surface area contributed by atoms with Gasteiger partial charge < -0.3 is 14.8 Å². The SMILES string of the molecule is CC1(NCc2cn3cccc(C(=O)O)c3n2)CC1. The first-order valence-corrected chi connectivity index (χ1v) is 6.02. The second kappa shape index (κ2) is 3.81. The van der Waals surface area contributed by atoms with Gasteiger partial charge in [0.25, 0.3) is 0 Å². The van der Waals surface area contributed by atoms with Crippen LogP contribution in [-0.4, -0.2) is 26.0 Å². The van der Waals surface area contributed by atoms with Gasteiger partial charge in [-0.25, -0.2) is 9.78 Å². The number of rotatable bonds is 4. The highest BCUT2D eigenvalue weighted by molar-refractivity contribution is 5.94. The lowest BCUT2D eigenvalue weighted by atomic mass is 10.3. The minimum Gasteiger partial charge on any atom is -0.478 e. The minimum absolute atomic E-state index is 0.237. The molecule has 5 nitrogen and oxygen atoms in total. The van der Waals surface area contributed by atoms with Crippen molar-refractivity contribution in [2.75, 3.05) is 0 Å². The van der Waals surface area contributed by atoms with E-state index in [-0.39, 0.29) is 11.1 Å². The fourth-order valence-corrected chi connectivity index (χ4v) is 1.98. The van der Waals surface area contributed by atoms with E-state index in [0.717, 1.165) is 5.69 Å². The molecule has 0 atom stereocenters. The van der Waals surface area contributed by atoms with E-state index in [0.29, 0.717) is 12.2 Å². The molecule has 1 aliphatic carbocycles. The van der Waals surface area contributed by atoms with Crippen LogP contribution in [0.15, 0.2) is 24.5 Å². The average molecular weight is 245 g/mol. The largest absolute Gasteiger partial charge is 0.478 e. The highest BCUT2D eigenvalue weighted by atomic mass is 16.4. The maximum Gasteiger partial charge on any atom is 0.339 e. The number of carboxylic acids is 1. The lowest BCUT2D eigenvalue weighted by molar-refractivity contribution is 0.0698. The Bertz CT molecular complexity index is 614. The van der Waals surface area contributed by atoms with Crippen LogP contribution in [0.2, 0.25) is 0 Å². The second-order valence-electron chi connectivity index (χ2n) is 5.10. The van der Waals surface area contributed by atoms with Crippen molar-refractivity contribution in [3.63, 3.8) is 0 Å². The Hall–Kier alpha value is -1.88. The van der Waals surface area contributed by atoms with Crippen LogP contribution in [0.5, 0.6) is 0 Å². The number of carbonyl (C=O) groups is 1. The fraction of sp³-hybridized carbons (Fsp3) is 0.385. The normalized spacial score (nSPS) is 16.9. The first kappa shape index (κ1) is 11.2. The summed E-state index contributed by atoms with van der Waals surface area (Å²) < 4.78 is 1.76. The molecule has 0 aromatic carbocycles. The molecule has 0 amide bonds. The van der Waals surface area contributed by atoms with Crippen LogP contribution in [0, 0.1) is 0 Å². The predicted octanol–water partition coefficient (Wildman–Crippen LogP) is 1.67. The van der Waals surface area contributed by atoms with E-state index in [4.69, 9.17) is 5.11 Å². The van der Waals surface area contributed by atoms with Crippen molar-refractivity contribution in [2.45, 2.75) is 31.8 Å². The molecule has 2 heterocycles. The number of imidazole rings is 1. The Morgan fingerprint density at radius 1 is 1.61 bits per heavy atom. The van der Waals surface area contributed by atoms with Crippen molar-refractivity contribution < 1.29 is 9.90 Å². The van der Waals surface area contributed by atoms with Gasteiger partial charge in [0.1, 0.15) is 5.56 Å². The number of hydrogen-bond acceptors (Lipinski definition) is 3. The van der Waals surface area contributed by atoms with Gasteiger partial charge >= 0.3 is 5.97 Å². The summed E-state index contributed by atoms with van der Waals surface area (Å²) in [6.45, 7) is 2.86. The van der Waals surface area contributed by atoms with E-state index >= 15 is 0 Å². The fourth-order valence-electron chi connectivity index (χ4n) is 1.98. The topological polar surface area (TPSA) is 66.6 Å². The van der Waals surface area contributed by atoms with Gasteiger partial charge in [-0.05, 0) is 31.9 Å². The first-order valence-electron chi connectivity index (χ1n) is 6.02. The van der Waals surface area contributed by atoms with Gasteiger partial charge in [-0.3, -0.25) is 0 Å². The smallest absolute Gasteiger partial charge is 0.339 e. The van der Waals surface area contributed by atoms with Gasteiger partial charge in [-0.15, -0.1) is 0 Å². The number of nitrogens with zero attached hydrogens (tertiary/aromatic N) is 2. The van der Waals surface area contributed by atoms with Crippen molar-refractivity contribution in [3.8, 4) is 0 Å². The molecule has 0 aliphatic heterocycles. The van der Waals surface area contributed by atoms with Crippen LogP contribution < -0.4 is 5.32 Å². The zero-order chi connectivity index (χ0) is 12.8. The Kier molecular flexibility index (Phi) is 2.38. The third kappa shape index (κ3) is 1.97. The van der Waals surface area contributed by atoms with Crippen molar-refractivity contribution >= 4 is 11.6 Å². The van der Waals surface area contributed by atoms with E-state index in [1.54, 1.807) is 16.5 Å². The van der Waals surface area contributed by atoms with Crippen LogP contribution in [0.25, 0.3) is 5.65 Å². The Morgan fingerprint density at radius 3 is 3.06 bits per heavy atom. The zero-order valence-corrected chi connectivity index (χ0v) is 10.2. The summed E-state index contributed by atoms with van der Waals surface area (Å²) in [5, 5.41) is 12.5. The van der Waals surface area contributed by atoms with E-state index in [1.165, 1.54) is 12.8 Å². The molecular formula is C13H15N3O2. The highest BCUT2D eigenvalue weighted by Gasteiger charge is 2.36. The summed E-state index contributed by atoms with van der Waals surface area (Å²) >= 11 is 0. The molecule has 0 radical (unpaired) electrons. The standard InChI is InChI=1S/C13H15N3O2/c1-13(4-5-13)14-7-9-8-16-6-2-3-10(12(17)18)11(16)15-9/h2-3,6,8,14H,4-5,7H2,1H3,(H,17,18). The summed E-state index contributed by atoms with van der Waals surface area (Å²) in [5.41, 5.74) is 1.87. The van der Waals surface area contributed by atoms with Gasteiger partial charge in [0.2, 0.25) is 0 Å². The van der Waals surface area contributed by atoms with Crippen LogP contribution in [0.3, 0.4) is 0 Å². The molecule has 5 heteroatoms. The Balaban J connectivity index is 1.90. The maximum absolute atomic E-state index is 11.1. The summed E-state index contributed by atoms with van der Waals surface area (Å²) in [4.78, 5) is 15.5. The number of pyridine rings is 1. The lowest BCUT2D eigenvalue weighted by Crippen LogP contribution is -2.27. The van der Waals surface area contributed by atoms with E-state index in [1.807, 2.05) is 12.4 Å². The zero-order valence-electron chi connectivity index (χ0n) is 10.2. The van der Waals surface area contributed by atoms with Gasteiger partial charge in [-0.1, -0.05) is 0 Å². The van der Waals surface area contributed by atoms with Gasteiger partial charge in [0.15, 0.2) is 5.65 Å². The van der Waals surface area contributed by atoms with Crippen molar-refractivity contribution in [2.24, 2.45) is 0 Å². The van der Waals surface area contributed by atoms with Gasteiger partial charge in [0.05, 0.1) is 5.69 Å². The third-order valence-corrected chi connectivity index (χ3v) is 3.46. The van der Waals surface area contributed by atoms with Crippen molar-refractivity contribution in [1.82, 2.24) is 14.7 Å². The highest BCUT2D eigenvalue weighted by Crippen LogP contribution is 2.34. The van der Waals surface area contributed by atoms with Gasteiger partial charge in [0, 0.05) is 24.5 Å². The Morgan fingerprint density at radius 2 is 2.39 bits per heavy atom. The number of nitrogens with one attached hydrogen (secondary N) is 1. The van der Waals surface area contributed by atoms with Crippen molar-refractivity contribution in [3.05, 3.63) is 35.8 Å². The van der Waals surface area contributed by atoms with Crippen LogP contribution in [-0.2, 0) is 6.54 Å². The second-order valence-corrected chi connectivity index (χ2v) is 5.10. The summed E-state index contributed by atoms with van der Waals surface area (Å²) in [7, 11) is 0. The molecule has 2 aromatic heterocycles. The van der Waals surface area contributed by atoms with E-state index in [2.05, 4.69) is 17.2 Å². The number of fused-ring (bicyclic) bond motifs is 1. The predicted molar refractivity (Wildman–Crippen MR) is 66.6 cm³/mol. The molecule has 1 saturated carbocycles. The van der Waals surface area contributed by atoms with E-state index in [9.17, 15) is 4.79 Å². The molecule has 1 aliphatic rings. The molecule has 0 bridgehead atoms. The quantitative estimate of drug-likeness (QED) is 0.860. The molecule has 3 rings (SSSR count). The number of aromatic carboxylic acids is 1. The minimum atomic E-state index is -0.945. The average Bonchev–Trinajstić information content (AvgIpc) is 2.92. The monoisotopic (exact) mass is 245 g/mol. The molecule has 0 spiro atoms. The lowest BCUT2D eigenvalue weighted by Gasteiger charge is -2.08. The molecular weight excluding hydrogens is 230 g/mol. The number of aromatic nitrogens is 2. The number of carboxylic acid groups (broad SMARTS) is 1. The maximum atomic E-state index is 11.1. The molecule has 0 saturated heterocycles. The molecule has 18 heavy (non-hydrogen) atoms. The summed E-state index contributed by atoms with van der Waals surface area (Å²) in [6, 6.07) is 3.29. The summed E-state index contributed by atoms with van der Waals surface area (Å²) in [6.07, 6.45) is 6.08. The summed E-state index contributed by atoms with van der Waals surface area (Å²) in [5.74, 6) is -0.945. The Labute approximate surface area is 104 Å². The molecule has 2 aromatic rings. The third-order valence-electron chi connectivity index (χ3n) is 3.46. The number of hydrogen-bond donors (Lipinski definition) is 2. The van der Waals surface area contributed by atoms with Crippen LogP contribution in [0.4, 0.5) is 0 Å². The first-order chi connectivity index (χ1) is 8.57. The van der Waals surface area contributed by atoms with E-state index < -0.39 is 5.97 Å². The molecule has 94 valence electrons. The van der Waals surface area contributed by atoms with Gasteiger partial charge in [-0.2, -0.15) is 0 Å². The van der Waals surface area contributed by atoms with Crippen LogP contribution >= 0.6 is 0 Å². The molecule has 0 unspecified atom stereocenters. The van der Waals surface area contributed by atoms with Crippen molar-refractivity contribution in [1.29, 1.82) is 0 Å².